The minimum atomic E-state index is -0.549. The van der Waals surface area contributed by atoms with Crippen molar-refractivity contribution in [2.24, 2.45) is 0 Å². The number of nitrogens with one attached hydrogen (secondary N) is 2. The molecule has 8 heteroatoms. The Balaban J connectivity index is 1.84. The molecule has 8 nitrogen and oxygen atoms in total. The maximum absolute atomic E-state index is 12.4. The standard InChI is InChI=1S/C22H40N4O4/c1-19(2)11-15(12-20(3,4)25(19)29)23-17(27)9-10-18(28)24-16-13-21(5,6)26(30)22(7,8)14-16/h15-16H,9-14H2,1-8H3,(H,23,27)(H,24,28). The molecule has 0 aromatic carbocycles. The van der Waals surface area contributed by atoms with Crippen LogP contribution in [0.15, 0.2) is 0 Å². The number of hydroxylamine groups is 2. The molecule has 172 valence electrons. The zero-order chi connectivity index (χ0) is 23.1. The van der Waals surface area contributed by atoms with Gasteiger partial charge in [-0.25, -0.2) is 0 Å². The fourth-order valence-corrected chi connectivity index (χ4v) is 5.56. The van der Waals surface area contributed by atoms with Gasteiger partial charge in [-0.05, 0) is 40.5 Å². The Morgan fingerprint density at radius 1 is 0.800 bits per heavy atom. The summed E-state index contributed by atoms with van der Waals surface area (Å²) in [6.45, 7) is 15.1. The minimum absolute atomic E-state index is 0.0845. The van der Waals surface area contributed by atoms with E-state index in [9.17, 15) is 19.7 Å². The lowest BCUT2D eigenvalue weighted by molar-refractivity contribution is -0.693. The van der Waals surface area contributed by atoms with Crippen LogP contribution in [0.2, 0.25) is 0 Å². The van der Waals surface area contributed by atoms with E-state index in [0.717, 1.165) is 9.82 Å². The first-order valence-electron chi connectivity index (χ1n) is 11.0. The quantitative estimate of drug-likeness (QED) is 0.660. The number of carbonyl (C=O) groups excluding carboxylic acids is 2. The highest BCUT2D eigenvalue weighted by molar-refractivity contribution is 5.84. The number of piperidine rings is 2. The van der Waals surface area contributed by atoms with E-state index in [1.807, 2.05) is 55.4 Å². The average molecular weight is 425 g/mol. The van der Waals surface area contributed by atoms with Crippen LogP contribution >= 0.6 is 0 Å². The van der Waals surface area contributed by atoms with Gasteiger partial charge in [0.25, 0.3) is 0 Å². The molecular weight excluding hydrogens is 384 g/mol. The molecule has 0 radical (unpaired) electrons. The van der Waals surface area contributed by atoms with Crippen molar-refractivity contribution in [3.63, 3.8) is 0 Å². The summed E-state index contributed by atoms with van der Waals surface area (Å²) in [5.41, 5.74) is -2.19. The molecule has 2 fully saturated rings. The Bertz CT molecular complexity index is 661. The van der Waals surface area contributed by atoms with Crippen LogP contribution in [0.3, 0.4) is 0 Å². The predicted molar refractivity (Wildman–Crippen MR) is 117 cm³/mol. The number of rotatable bonds is 5. The summed E-state index contributed by atoms with van der Waals surface area (Å²) in [6.07, 6.45) is 2.53. The molecule has 2 heterocycles. The van der Waals surface area contributed by atoms with Crippen LogP contribution in [0.4, 0.5) is 0 Å². The maximum atomic E-state index is 12.4. The van der Waals surface area contributed by atoms with Crippen molar-refractivity contribution in [3.8, 4) is 0 Å². The number of carbonyl (C=O) groups is 2. The second-order valence-electron chi connectivity index (χ2n) is 11.7. The lowest BCUT2D eigenvalue weighted by atomic mass is 9.79. The van der Waals surface area contributed by atoms with E-state index >= 15 is 0 Å². The largest absolute Gasteiger partial charge is 0.784 e. The van der Waals surface area contributed by atoms with E-state index in [-0.39, 0.29) is 36.7 Å². The summed E-state index contributed by atoms with van der Waals surface area (Å²) >= 11 is 0. The fraction of sp³-hybridized carbons (Fsp3) is 0.909. The van der Waals surface area contributed by atoms with Gasteiger partial charge in [-0.1, -0.05) is 0 Å². The third kappa shape index (κ3) is 5.58. The Morgan fingerprint density at radius 2 is 1.13 bits per heavy atom. The molecule has 0 atom stereocenters. The summed E-state index contributed by atoms with van der Waals surface area (Å²) < 4.78 is 1.13. The lowest BCUT2D eigenvalue weighted by Crippen LogP contribution is -2.62. The van der Waals surface area contributed by atoms with E-state index in [2.05, 4.69) is 10.6 Å². The maximum Gasteiger partial charge on any atom is 0.220 e. The predicted octanol–water partition coefficient (Wildman–Crippen LogP) is 3.02. The van der Waals surface area contributed by atoms with Crippen molar-refractivity contribution in [2.45, 2.75) is 128 Å². The first-order valence-corrected chi connectivity index (χ1v) is 11.0. The number of nitroso groups, excluding NO2 is 1. The molecule has 2 saturated heterocycles. The van der Waals surface area contributed by atoms with Crippen LogP contribution in [0.1, 0.15) is 93.9 Å². The normalized spacial score (nSPS) is 26.2. The molecule has 2 N–H and O–H groups in total. The third-order valence-electron chi connectivity index (χ3n) is 6.49. The molecular formula is C22H40N4O4. The molecule has 0 aromatic rings. The van der Waals surface area contributed by atoms with Crippen LogP contribution in [0.5, 0.6) is 0 Å². The van der Waals surface area contributed by atoms with Gasteiger partial charge in [-0.15, -0.1) is 0 Å². The highest BCUT2D eigenvalue weighted by Crippen LogP contribution is 2.37. The summed E-state index contributed by atoms with van der Waals surface area (Å²) in [4.78, 5) is 37.3. The van der Waals surface area contributed by atoms with E-state index in [1.165, 1.54) is 0 Å². The molecule has 0 saturated carbocycles. The second kappa shape index (κ2) is 8.19. The van der Waals surface area contributed by atoms with Crippen molar-refractivity contribution >= 4 is 11.8 Å². The smallest absolute Gasteiger partial charge is 0.220 e. The van der Waals surface area contributed by atoms with Gasteiger partial charge < -0.3 is 20.9 Å². The molecule has 0 bridgehead atoms. The summed E-state index contributed by atoms with van der Waals surface area (Å²) in [5, 5.41) is 19.6. The zero-order valence-electron chi connectivity index (χ0n) is 19.9. The minimum Gasteiger partial charge on any atom is -0.784 e. The first-order chi connectivity index (χ1) is 13.5. The Hall–Kier alpha value is -1.54. The third-order valence-corrected chi connectivity index (χ3v) is 6.49. The van der Waals surface area contributed by atoms with E-state index in [1.54, 1.807) is 0 Å². The average Bonchev–Trinajstić information content (AvgIpc) is 2.54. The van der Waals surface area contributed by atoms with Crippen molar-refractivity contribution in [2.75, 3.05) is 0 Å². The van der Waals surface area contributed by atoms with Gasteiger partial charge in [-0.3, -0.25) is 9.59 Å². The summed E-state index contributed by atoms with van der Waals surface area (Å²) in [6, 6.07) is -0.169. The fourth-order valence-electron chi connectivity index (χ4n) is 5.56. The zero-order valence-corrected chi connectivity index (χ0v) is 19.9. The highest BCUT2D eigenvalue weighted by atomic mass is 16.5. The number of amides is 2. The van der Waals surface area contributed by atoms with E-state index < -0.39 is 22.2 Å². The molecule has 2 aliphatic rings. The lowest BCUT2D eigenvalue weighted by Gasteiger charge is -2.60. The first kappa shape index (κ1) is 24.7. The molecule has 0 unspecified atom stereocenters. The van der Waals surface area contributed by atoms with Gasteiger partial charge in [0, 0.05) is 86.2 Å². The van der Waals surface area contributed by atoms with Crippen molar-refractivity contribution in [1.82, 2.24) is 15.7 Å². The van der Waals surface area contributed by atoms with Crippen LogP contribution in [-0.4, -0.2) is 55.9 Å². The molecule has 0 aromatic heterocycles. The van der Waals surface area contributed by atoms with Crippen molar-refractivity contribution < 1.29 is 14.3 Å². The Labute approximate surface area is 180 Å². The molecule has 2 aliphatic heterocycles. The van der Waals surface area contributed by atoms with Gasteiger partial charge in [0.2, 0.25) is 22.9 Å². The second-order valence-corrected chi connectivity index (χ2v) is 11.7. The number of hydrogen-bond acceptors (Lipinski definition) is 5. The van der Waals surface area contributed by atoms with Crippen LogP contribution in [0.25, 0.3) is 0 Å². The topological polar surface area (TPSA) is 105 Å². The van der Waals surface area contributed by atoms with Crippen LogP contribution in [-0.2, 0) is 9.59 Å². The van der Waals surface area contributed by atoms with Gasteiger partial charge >= 0.3 is 0 Å². The Kier molecular flexibility index (Phi) is 6.75. The van der Waals surface area contributed by atoms with Gasteiger partial charge in [0.1, 0.15) is 0 Å². The van der Waals surface area contributed by atoms with Crippen LogP contribution < -0.4 is 10.6 Å². The monoisotopic (exact) mass is 424 g/mol. The van der Waals surface area contributed by atoms with Crippen molar-refractivity contribution in [1.29, 1.82) is 0 Å². The van der Waals surface area contributed by atoms with E-state index in [4.69, 9.17) is 0 Å². The Morgan fingerprint density at radius 3 is 1.50 bits per heavy atom. The highest BCUT2D eigenvalue weighted by Gasteiger charge is 2.53. The number of nitrogens with zero attached hydrogens (tertiary/aromatic N) is 2. The summed E-state index contributed by atoms with van der Waals surface area (Å²) in [5.74, 6) is -0.340. The van der Waals surface area contributed by atoms with Gasteiger partial charge in [-0.2, -0.15) is 0 Å². The van der Waals surface area contributed by atoms with E-state index in [0.29, 0.717) is 25.7 Å². The molecule has 0 aliphatic carbocycles. The number of hydrogen-bond donors (Lipinski definition) is 2. The molecule has 2 amide bonds. The SMILES string of the molecule is CC1(C)CC(NC(=O)CCC(=O)NC2CC(C)(C)[N+](=O)C(C)(C)C2)CC(C)(C)N1[O-]. The van der Waals surface area contributed by atoms with Crippen LogP contribution in [0, 0.1) is 10.1 Å². The molecule has 30 heavy (non-hydrogen) atoms. The van der Waals surface area contributed by atoms with Gasteiger partial charge in [0.05, 0.1) is 0 Å². The van der Waals surface area contributed by atoms with Gasteiger partial charge in [0.15, 0.2) is 0 Å². The summed E-state index contributed by atoms with van der Waals surface area (Å²) in [7, 11) is 0. The van der Waals surface area contributed by atoms with Crippen molar-refractivity contribution in [3.05, 3.63) is 10.1 Å². The molecule has 0 spiro atoms. The molecule has 2 rings (SSSR count).